The molecule has 2 aromatic rings. The van der Waals surface area contributed by atoms with Gasteiger partial charge in [0, 0.05) is 37.1 Å². The molecule has 0 saturated carbocycles. The third-order valence-electron chi connectivity index (χ3n) is 5.88. The summed E-state index contributed by atoms with van der Waals surface area (Å²) in [5, 5.41) is 0.419. The number of fused-ring (bicyclic) bond motifs is 1. The highest BCUT2D eigenvalue weighted by molar-refractivity contribution is 7.99. The average Bonchev–Trinajstić information content (AvgIpc) is 2.92. The number of carbonyl (C=O) groups is 3. The van der Waals surface area contributed by atoms with Gasteiger partial charge >= 0.3 is 0 Å². The van der Waals surface area contributed by atoms with Crippen molar-refractivity contribution in [2.45, 2.75) is 31.4 Å². The van der Waals surface area contributed by atoms with Crippen molar-refractivity contribution in [2.75, 3.05) is 25.4 Å². The number of thioether (sulfide) groups is 1. The topological polar surface area (TPSA) is 57.7 Å². The number of hydrogen-bond donors (Lipinski definition) is 0. The van der Waals surface area contributed by atoms with Crippen LogP contribution in [0.25, 0.3) is 0 Å². The van der Waals surface area contributed by atoms with Crippen LogP contribution >= 0.6 is 11.8 Å². The number of nitrogens with zero attached hydrogens (tertiary/aromatic N) is 2. The van der Waals surface area contributed by atoms with Crippen molar-refractivity contribution in [1.82, 2.24) is 9.80 Å². The molecule has 1 saturated heterocycles. The van der Waals surface area contributed by atoms with Gasteiger partial charge in [-0.25, -0.2) is 0 Å². The van der Waals surface area contributed by atoms with Crippen molar-refractivity contribution >= 4 is 29.5 Å². The van der Waals surface area contributed by atoms with Gasteiger partial charge in [-0.15, -0.1) is 0 Å². The Hall–Kier alpha value is -2.60. The Bertz CT molecular complexity index is 939. The number of benzene rings is 2. The number of amides is 3. The molecule has 6 heteroatoms. The highest BCUT2D eigenvalue weighted by Gasteiger charge is 2.34. The predicted octanol–water partition coefficient (Wildman–Crippen LogP) is 4.08. The first kappa shape index (κ1) is 20.7. The molecule has 0 N–H and O–H groups in total. The van der Waals surface area contributed by atoms with E-state index in [1.54, 1.807) is 24.3 Å². The van der Waals surface area contributed by atoms with Gasteiger partial charge in [-0.1, -0.05) is 36.4 Å². The van der Waals surface area contributed by atoms with Crippen molar-refractivity contribution in [1.29, 1.82) is 0 Å². The van der Waals surface area contributed by atoms with E-state index in [4.69, 9.17) is 0 Å². The number of carbonyl (C=O) groups excluding carboxylic acids is 3. The Labute approximate surface area is 181 Å². The van der Waals surface area contributed by atoms with Crippen molar-refractivity contribution in [3.63, 3.8) is 0 Å². The maximum atomic E-state index is 12.7. The van der Waals surface area contributed by atoms with E-state index in [0.29, 0.717) is 29.2 Å². The largest absolute Gasteiger partial charge is 0.342 e. The molecule has 156 valence electrons. The molecule has 1 atom stereocenters. The number of hydrogen-bond acceptors (Lipinski definition) is 4. The number of rotatable bonds is 5. The van der Waals surface area contributed by atoms with Gasteiger partial charge in [-0.2, -0.15) is 11.8 Å². The Morgan fingerprint density at radius 1 is 1.00 bits per heavy atom. The summed E-state index contributed by atoms with van der Waals surface area (Å²) in [6, 6.07) is 15.4. The van der Waals surface area contributed by atoms with E-state index >= 15 is 0 Å². The van der Waals surface area contributed by atoms with Crippen LogP contribution in [0.15, 0.2) is 48.5 Å². The van der Waals surface area contributed by atoms with Crippen molar-refractivity contribution in [3.05, 3.63) is 70.8 Å². The van der Waals surface area contributed by atoms with Gasteiger partial charge in [0.25, 0.3) is 11.8 Å². The second-order valence-corrected chi connectivity index (χ2v) is 9.11. The van der Waals surface area contributed by atoms with E-state index in [-0.39, 0.29) is 24.3 Å². The van der Waals surface area contributed by atoms with Gasteiger partial charge in [-0.3, -0.25) is 19.3 Å². The van der Waals surface area contributed by atoms with Crippen molar-refractivity contribution < 1.29 is 14.4 Å². The molecule has 0 bridgehead atoms. The summed E-state index contributed by atoms with van der Waals surface area (Å²) >= 11 is 1.92. The van der Waals surface area contributed by atoms with E-state index in [9.17, 15) is 14.4 Å². The highest BCUT2D eigenvalue weighted by Crippen LogP contribution is 2.36. The monoisotopic (exact) mass is 422 g/mol. The quantitative estimate of drug-likeness (QED) is 0.682. The summed E-state index contributed by atoms with van der Waals surface area (Å²) < 4.78 is 0. The fourth-order valence-electron chi connectivity index (χ4n) is 4.20. The van der Waals surface area contributed by atoms with Crippen LogP contribution in [0.2, 0.25) is 0 Å². The zero-order chi connectivity index (χ0) is 21.1. The second-order valence-electron chi connectivity index (χ2n) is 7.80. The SMILES string of the molecule is Cc1ccccc1C1CCN(C(=O)CCCN2C(=O)c3ccccc3C2=O)CCS1. The third kappa shape index (κ3) is 4.15. The van der Waals surface area contributed by atoms with Crippen LogP contribution < -0.4 is 0 Å². The number of imide groups is 1. The fraction of sp³-hybridized carbons (Fsp3) is 0.375. The van der Waals surface area contributed by atoms with Gasteiger partial charge in [0.1, 0.15) is 0 Å². The summed E-state index contributed by atoms with van der Waals surface area (Å²) in [6.07, 6.45) is 1.79. The Balaban J connectivity index is 1.28. The smallest absolute Gasteiger partial charge is 0.261 e. The van der Waals surface area contributed by atoms with Gasteiger partial charge < -0.3 is 4.90 Å². The molecule has 5 nitrogen and oxygen atoms in total. The maximum absolute atomic E-state index is 12.7. The second kappa shape index (κ2) is 9.04. The molecule has 0 spiro atoms. The summed E-state index contributed by atoms with van der Waals surface area (Å²) in [7, 11) is 0. The van der Waals surface area contributed by atoms with Crippen LogP contribution in [-0.2, 0) is 4.79 Å². The van der Waals surface area contributed by atoms with Crippen LogP contribution in [0.3, 0.4) is 0 Å². The van der Waals surface area contributed by atoms with Gasteiger partial charge in [0.05, 0.1) is 11.1 Å². The standard InChI is InChI=1S/C24H26N2O3S/c1-17-7-2-3-8-18(17)21-12-14-25(15-16-30-21)22(27)11-6-13-26-23(28)19-9-4-5-10-20(19)24(26)29/h2-5,7-10,21H,6,11-16H2,1H3. The lowest BCUT2D eigenvalue weighted by Gasteiger charge is -2.21. The lowest BCUT2D eigenvalue weighted by Crippen LogP contribution is -2.35. The molecule has 1 fully saturated rings. The first-order valence-corrected chi connectivity index (χ1v) is 11.5. The molecule has 2 aromatic carbocycles. The minimum absolute atomic E-state index is 0.109. The van der Waals surface area contributed by atoms with Crippen molar-refractivity contribution in [3.8, 4) is 0 Å². The Morgan fingerprint density at radius 3 is 2.37 bits per heavy atom. The highest BCUT2D eigenvalue weighted by atomic mass is 32.2. The molecule has 2 aliphatic heterocycles. The molecule has 1 unspecified atom stereocenters. The Kier molecular flexibility index (Phi) is 6.23. The first-order valence-electron chi connectivity index (χ1n) is 10.5. The molecule has 2 aliphatic rings. The Morgan fingerprint density at radius 2 is 1.67 bits per heavy atom. The van der Waals surface area contributed by atoms with Gasteiger partial charge in [-0.05, 0) is 43.0 Å². The van der Waals surface area contributed by atoms with Gasteiger partial charge in [0.15, 0.2) is 0 Å². The molecule has 0 aliphatic carbocycles. The van der Waals surface area contributed by atoms with E-state index in [1.165, 1.54) is 16.0 Å². The van der Waals surface area contributed by atoms with E-state index < -0.39 is 0 Å². The molecule has 30 heavy (non-hydrogen) atoms. The molecule has 4 rings (SSSR count). The molecular formula is C24H26N2O3S. The van der Waals surface area contributed by atoms with Crippen LogP contribution in [0, 0.1) is 6.92 Å². The van der Waals surface area contributed by atoms with Gasteiger partial charge in [0.2, 0.25) is 5.91 Å². The van der Waals surface area contributed by atoms with Crippen molar-refractivity contribution in [2.24, 2.45) is 0 Å². The summed E-state index contributed by atoms with van der Waals surface area (Å²) in [6.45, 7) is 3.92. The van der Waals surface area contributed by atoms with E-state index in [2.05, 4.69) is 31.2 Å². The fourth-order valence-corrected chi connectivity index (χ4v) is 5.53. The summed E-state index contributed by atoms with van der Waals surface area (Å²) in [5.74, 6) is 0.520. The summed E-state index contributed by atoms with van der Waals surface area (Å²) in [5.41, 5.74) is 3.58. The summed E-state index contributed by atoms with van der Waals surface area (Å²) in [4.78, 5) is 40.8. The molecule has 2 heterocycles. The number of aryl methyl sites for hydroxylation is 1. The predicted molar refractivity (Wildman–Crippen MR) is 119 cm³/mol. The third-order valence-corrected chi connectivity index (χ3v) is 7.19. The zero-order valence-electron chi connectivity index (χ0n) is 17.2. The molecule has 0 radical (unpaired) electrons. The minimum Gasteiger partial charge on any atom is -0.342 e. The first-order chi connectivity index (χ1) is 14.6. The molecule has 3 amide bonds. The minimum atomic E-state index is -0.254. The molecular weight excluding hydrogens is 396 g/mol. The van der Waals surface area contributed by atoms with Crippen LogP contribution in [0.1, 0.15) is 56.4 Å². The zero-order valence-corrected chi connectivity index (χ0v) is 18.0. The van der Waals surface area contributed by atoms with Crippen LogP contribution in [0.5, 0.6) is 0 Å². The van der Waals surface area contributed by atoms with Crippen LogP contribution in [0.4, 0.5) is 0 Å². The average molecular weight is 423 g/mol. The molecule has 0 aromatic heterocycles. The van der Waals surface area contributed by atoms with Crippen LogP contribution in [-0.4, -0.2) is 52.9 Å². The lowest BCUT2D eigenvalue weighted by molar-refractivity contribution is -0.131. The maximum Gasteiger partial charge on any atom is 0.261 e. The van der Waals surface area contributed by atoms with E-state index in [0.717, 1.165) is 25.3 Å². The van der Waals surface area contributed by atoms with E-state index in [1.807, 2.05) is 16.7 Å². The lowest BCUT2D eigenvalue weighted by atomic mass is 10.0. The normalized spacial score (nSPS) is 19.0.